The lowest BCUT2D eigenvalue weighted by atomic mass is 9.94. The van der Waals surface area contributed by atoms with Gasteiger partial charge in [0.25, 0.3) is 0 Å². The summed E-state index contributed by atoms with van der Waals surface area (Å²) in [6.45, 7) is 3.11. The molecule has 3 heterocycles. The van der Waals surface area contributed by atoms with E-state index in [1.165, 1.54) is 33.7 Å². The van der Waals surface area contributed by atoms with E-state index in [2.05, 4.69) is 0 Å². The van der Waals surface area contributed by atoms with Gasteiger partial charge in [-0.05, 0) is 31.2 Å². The Morgan fingerprint density at radius 1 is 1.26 bits per heavy atom. The van der Waals surface area contributed by atoms with E-state index in [4.69, 9.17) is 0 Å². The van der Waals surface area contributed by atoms with Crippen molar-refractivity contribution in [3.05, 3.63) is 16.0 Å². The topological polar surface area (TPSA) is 58.9 Å². The highest BCUT2D eigenvalue weighted by molar-refractivity contribution is 7.91. The van der Waals surface area contributed by atoms with E-state index in [0.29, 0.717) is 12.4 Å². The van der Waals surface area contributed by atoms with Gasteiger partial charge in [0.05, 0.1) is 5.75 Å². The van der Waals surface area contributed by atoms with Crippen LogP contribution in [0.15, 0.2) is 0 Å². The Morgan fingerprint density at radius 2 is 2.04 bits per heavy atom. The molecular formula is C16H23N2O3S2+. The number of quaternary nitrogens is 1. The van der Waals surface area contributed by atoms with E-state index in [0.717, 1.165) is 30.8 Å². The fraction of sp³-hybridized carbons (Fsp3) is 0.688. The Morgan fingerprint density at radius 3 is 2.74 bits per heavy atom. The van der Waals surface area contributed by atoms with Crippen LogP contribution in [-0.4, -0.2) is 38.5 Å². The summed E-state index contributed by atoms with van der Waals surface area (Å²) in [5.74, 6) is 0.647. The normalized spacial score (nSPS) is 29.2. The van der Waals surface area contributed by atoms with Crippen LogP contribution in [0.3, 0.4) is 0 Å². The van der Waals surface area contributed by atoms with Crippen LogP contribution in [0.4, 0.5) is 5.00 Å². The summed E-state index contributed by atoms with van der Waals surface area (Å²) in [4.78, 5) is 16.8. The van der Waals surface area contributed by atoms with Crippen LogP contribution >= 0.6 is 11.3 Å². The summed E-state index contributed by atoms with van der Waals surface area (Å²) in [7, 11) is -2.89. The summed E-state index contributed by atoms with van der Waals surface area (Å²) < 4.78 is 23.7. The first kappa shape index (κ1) is 15.6. The number of fused-ring (bicyclic) bond motifs is 3. The van der Waals surface area contributed by atoms with Crippen LogP contribution in [-0.2, 0) is 34.0 Å². The number of rotatable bonds is 1. The van der Waals surface area contributed by atoms with Crippen LogP contribution < -0.4 is 9.80 Å². The van der Waals surface area contributed by atoms with Crippen LogP contribution in [0.5, 0.6) is 0 Å². The highest BCUT2D eigenvalue weighted by Gasteiger charge is 2.41. The monoisotopic (exact) mass is 355 g/mol. The Kier molecular flexibility index (Phi) is 3.77. The van der Waals surface area contributed by atoms with E-state index in [9.17, 15) is 13.2 Å². The molecule has 1 aromatic rings. The molecule has 23 heavy (non-hydrogen) atoms. The van der Waals surface area contributed by atoms with Gasteiger partial charge < -0.3 is 4.90 Å². The minimum absolute atomic E-state index is 0.0721. The number of amides is 1. The molecule has 2 atom stereocenters. The van der Waals surface area contributed by atoms with Crippen molar-refractivity contribution in [1.82, 2.24) is 0 Å². The summed E-state index contributed by atoms with van der Waals surface area (Å²) >= 11 is 1.79. The second kappa shape index (κ2) is 5.57. The minimum atomic E-state index is -2.89. The molecule has 1 aromatic heterocycles. The molecule has 1 unspecified atom stereocenters. The van der Waals surface area contributed by atoms with Gasteiger partial charge in [-0.1, -0.05) is 0 Å². The quantitative estimate of drug-likeness (QED) is 0.799. The Labute approximate surface area is 141 Å². The Balaban J connectivity index is 1.70. The van der Waals surface area contributed by atoms with Gasteiger partial charge in [-0.3, -0.25) is 9.69 Å². The largest absolute Gasteiger partial charge is 0.310 e. The predicted molar refractivity (Wildman–Crippen MR) is 90.7 cm³/mol. The van der Waals surface area contributed by atoms with Gasteiger partial charge in [0, 0.05) is 23.8 Å². The minimum Gasteiger partial charge on any atom is -0.310 e. The molecule has 3 aliphatic rings. The van der Waals surface area contributed by atoms with E-state index in [1.807, 2.05) is 4.90 Å². The molecule has 126 valence electrons. The molecule has 0 saturated carbocycles. The standard InChI is InChI=1S/C16H22N2O3S2/c1-11(19)18-10-17(12-6-7-23(20,21)9-12)8-14-13-4-2-3-5-15(13)22-16(14)18/h12H,2-10H2,1H3/p+1/t12-/m0/s1. The molecule has 0 bridgehead atoms. The molecule has 1 saturated heterocycles. The fourth-order valence-electron chi connectivity index (χ4n) is 4.22. The molecule has 0 radical (unpaired) electrons. The van der Waals surface area contributed by atoms with Crippen molar-refractivity contribution >= 4 is 32.1 Å². The van der Waals surface area contributed by atoms with Gasteiger partial charge in [0.1, 0.15) is 23.3 Å². The number of nitrogens with one attached hydrogen (secondary N) is 1. The third-order valence-corrected chi connectivity index (χ3v) is 8.58. The first-order valence-corrected chi connectivity index (χ1v) is 11.0. The lowest BCUT2D eigenvalue weighted by Crippen LogP contribution is -3.17. The van der Waals surface area contributed by atoms with Gasteiger partial charge in [-0.15, -0.1) is 11.3 Å². The molecule has 0 aromatic carbocycles. The van der Waals surface area contributed by atoms with Crippen molar-refractivity contribution in [2.24, 2.45) is 0 Å². The maximum atomic E-state index is 12.2. The number of hydrogen-bond acceptors (Lipinski definition) is 4. The molecule has 2 aliphatic heterocycles. The molecular weight excluding hydrogens is 332 g/mol. The highest BCUT2D eigenvalue weighted by atomic mass is 32.2. The highest BCUT2D eigenvalue weighted by Crippen LogP contribution is 2.40. The predicted octanol–water partition coefficient (Wildman–Crippen LogP) is 0.523. The van der Waals surface area contributed by atoms with Crippen LogP contribution in [0.25, 0.3) is 0 Å². The number of nitrogens with zero attached hydrogens (tertiary/aromatic N) is 1. The zero-order chi connectivity index (χ0) is 16.2. The zero-order valence-electron chi connectivity index (χ0n) is 13.4. The van der Waals surface area contributed by atoms with Crippen molar-refractivity contribution < 1.29 is 18.1 Å². The first-order chi connectivity index (χ1) is 10.9. The van der Waals surface area contributed by atoms with E-state index in [-0.39, 0.29) is 17.7 Å². The second-order valence-corrected chi connectivity index (χ2v) is 10.3. The second-order valence-electron chi connectivity index (χ2n) is 7.03. The van der Waals surface area contributed by atoms with Crippen molar-refractivity contribution in [2.45, 2.75) is 51.6 Å². The SMILES string of the molecule is CC(=O)N1C[NH+]([C@H]2CCS(=O)(=O)C2)Cc2c1sc1c2CCCC1. The Bertz CT molecular complexity index is 754. The summed E-state index contributed by atoms with van der Waals surface area (Å²) in [6.07, 6.45) is 5.44. The average molecular weight is 356 g/mol. The zero-order valence-corrected chi connectivity index (χ0v) is 15.1. The number of aryl methyl sites for hydroxylation is 1. The van der Waals surface area contributed by atoms with Crippen molar-refractivity contribution in [3.8, 4) is 0 Å². The van der Waals surface area contributed by atoms with E-state index >= 15 is 0 Å². The number of carbonyl (C=O) groups excluding carboxylic acids is 1. The number of hydrogen-bond donors (Lipinski definition) is 1. The van der Waals surface area contributed by atoms with Crippen LogP contribution in [0, 0.1) is 0 Å². The maximum absolute atomic E-state index is 12.2. The smallest absolute Gasteiger partial charge is 0.228 e. The summed E-state index contributed by atoms with van der Waals surface area (Å²) in [6, 6.07) is 0.133. The Hall–Kier alpha value is -0.920. The molecule has 0 spiro atoms. The molecule has 1 fully saturated rings. The third kappa shape index (κ3) is 2.72. The van der Waals surface area contributed by atoms with Crippen LogP contribution in [0.1, 0.15) is 42.2 Å². The van der Waals surface area contributed by atoms with E-state index < -0.39 is 9.84 Å². The molecule has 5 nitrogen and oxygen atoms in total. The molecule has 1 aliphatic carbocycles. The maximum Gasteiger partial charge on any atom is 0.228 e. The van der Waals surface area contributed by atoms with Gasteiger partial charge in [-0.2, -0.15) is 0 Å². The molecule has 4 rings (SSSR count). The van der Waals surface area contributed by atoms with E-state index in [1.54, 1.807) is 18.3 Å². The van der Waals surface area contributed by atoms with Crippen molar-refractivity contribution in [1.29, 1.82) is 0 Å². The molecule has 1 amide bonds. The lowest BCUT2D eigenvalue weighted by Gasteiger charge is -2.35. The summed E-state index contributed by atoms with van der Waals surface area (Å²) in [5, 5.41) is 1.13. The molecule has 1 N–H and O–H groups in total. The fourth-order valence-corrected chi connectivity index (χ4v) is 7.50. The van der Waals surface area contributed by atoms with Gasteiger partial charge >= 0.3 is 0 Å². The summed E-state index contributed by atoms with van der Waals surface area (Å²) in [5.41, 5.74) is 2.78. The lowest BCUT2D eigenvalue weighted by molar-refractivity contribution is -0.936. The van der Waals surface area contributed by atoms with Gasteiger partial charge in [-0.25, -0.2) is 8.42 Å². The van der Waals surface area contributed by atoms with Gasteiger partial charge in [0.15, 0.2) is 16.5 Å². The number of thiophene rings is 1. The first-order valence-electron chi connectivity index (χ1n) is 8.41. The number of anilines is 1. The van der Waals surface area contributed by atoms with Gasteiger partial charge in [0.2, 0.25) is 5.91 Å². The van der Waals surface area contributed by atoms with Crippen molar-refractivity contribution in [2.75, 3.05) is 23.1 Å². The van der Waals surface area contributed by atoms with Crippen LogP contribution in [0.2, 0.25) is 0 Å². The number of sulfone groups is 1. The average Bonchev–Trinajstić information content (AvgIpc) is 3.06. The molecule has 7 heteroatoms. The number of carbonyl (C=O) groups is 1. The van der Waals surface area contributed by atoms with Crippen molar-refractivity contribution in [3.63, 3.8) is 0 Å². The third-order valence-electron chi connectivity index (χ3n) is 5.46.